The number of aromatic nitrogens is 3. The highest BCUT2D eigenvalue weighted by atomic mass is 16.5. The summed E-state index contributed by atoms with van der Waals surface area (Å²) >= 11 is 0. The second-order valence-corrected chi connectivity index (χ2v) is 8.64. The molecule has 2 fully saturated rings. The first-order valence-corrected chi connectivity index (χ1v) is 10.8. The van der Waals surface area contributed by atoms with E-state index in [0.717, 1.165) is 49.8 Å². The van der Waals surface area contributed by atoms with Crippen LogP contribution in [0.1, 0.15) is 66.6 Å². The maximum absolute atomic E-state index is 12.7. The van der Waals surface area contributed by atoms with E-state index in [1.165, 1.54) is 19.9 Å². The molecule has 162 valence electrons. The second kappa shape index (κ2) is 7.47. The summed E-state index contributed by atoms with van der Waals surface area (Å²) in [4.78, 5) is 38.2. The van der Waals surface area contributed by atoms with E-state index in [0.29, 0.717) is 28.8 Å². The Hall–Kier alpha value is -3.23. The normalized spacial score (nSPS) is 19.0. The number of anilines is 3. The minimum atomic E-state index is -0.383. The minimum absolute atomic E-state index is 0.0434. The van der Waals surface area contributed by atoms with E-state index >= 15 is 0 Å². The molecule has 3 heterocycles. The Bertz CT molecular complexity index is 1060. The Balaban J connectivity index is 1.48. The van der Waals surface area contributed by atoms with Crippen molar-refractivity contribution in [1.82, 2.24) is 20.3 Å². The molecule has 9 heteroatoms. The number of rotatable bonds is 5. The van der Waals surface area contributed by atoms with Crippen molar-refractivity contribution >= 4 is 29.3 Å². The summed E-state index contributed by atoms with van der Waals surface area (Å²) in [6, 6.07) is 1.84. The second-order valence-electron chi connectivity index (χ2n) is 8.64. The molecule has 2 amide bonds. The molecule has 2 aromatic rings. The fraction of sp³-hybridized carbons (Fsp3) is 0.500. The van der Waals surface area contributed by atoms with Crippen LogP contribution in [0, 0.1) is 12.8 Å². The van der Waals surface area contributed by atoms with Crippen LogP contribution in [-0.4, -0.2) is 33.9 Å². The summed E-state index contributed by atoms with van der Waals surface area (Å²) in [7, 11) is 1.51. The van der Waals surface area contributed by atoms with Crippen molar-refractivity contribution in [2.45, 2.75) is 57.4 Å². The zero-order valence-electron chi connectivity index (χ0n) is 17.7. The number of carbonyl (C=O) groups excluding carboxylic acids is 2. The van der Waals surface area contributed by atoms with Gasteiger partial charge in [-0.2, -0.15) is 0 Å². The van der Waals surface area contributed by atoms with E-state index in [9.17, 15) is 9.59 Å². The van der Waals surface area contributed by atoms with Gasteiger partial charge in [0.15, 0.2) is 11.6 Å². The van der Waals surface area contributed by atoms with Crippen LogP contribution in [0.4, 0.5) is 17.5 Å². The lowest BCUT2D eigenvalue weighted by atomic mass is 9.79. The summed E-state index contributed by atoms with van der Waals surface area (Å²) in [6.45, 7) is 1.92. The standard InChI is InChI=1S/C22H26N6O3/c1-12-10-14(25-17-15(12)21(30)28-22(17)8-4-3-5-9-22)26-18-16(31-2)19(24-11-23-18)27-20(29)13-6-7-13/h10-11,13H,3-9H2,1-2H3,(H,28,30)(H2,23,24,25,26,27,29). The van der Waals surface area contributed by atoms with Gasteiger partial charge in [-0.05, 0) is 44.2 Å². The summed E-state index contributed by atoms with van der Waals surface area (Å²) in [6.07, 6.45) is 8.29. The zero-order chi connectivity index (χ0) is 21.6. The molecule has 1 spiro atoms. The number of carbonyl (C=O) groups is 2. The number of ether oxygens (including phenoxy) is 1. The fourth-order valence-electron chi connectivity index (χ4n) is 4.66. The molecule has 2 aromatic heterocycles. The third-order valence-electron chi connectivity index (χ3n) is 6.40. The number of aryl methyl sites for hydroxylation is 1. The summed E-state index contributed by atoms with van der Waals surface area (Å²) in [5.74, 6) is 1.61. The van der Waals surface area contributed by atoms with Crippen LogP contribution in [0.2, 0.25) is 0 Å². The lowest BCUT2D eigenvalue weighted by Crippen LogP contribution is -2.41. The molecule has 0 aromatic carbocycles. The fourth-order valence-corrected chi connectivity index (χ4v) is 4.66. The molecule has 5 rings (SSSR count). The number of nitrogens with zero attached hydrogens (tertiary/aromatic N) is 3. The lowest BCUT2D eigenvalue weighted by Gasteiger charge is -2.33. The average Bonchev–Trinajstić information content (AvgIpc) is 3.56. The number of nitrogens with one attached hydrogen (secondary N) is 3. The van der Waals surface area contributed by atoms with E-state index in [-0.39, 0.29) is 23.3 Å². The van der Waals surface area contributed by atoms with Crippen LogP contribution < -0.4 is 20.7 Å². The number of fused-ring (bicyclic) bond motifs is 2. The molecule has 0 unspecified atom stereocenters. The summed E-state index contributed by atoms with van der Waals surface area (Å²) < 4.78 is 5.50. The van der Waals surface area contributed by atoms with Gasteiger partial charge in [0.2, 0.25) is 11.7 Å². The molecule has 31 heavy (non-hydrogen) atoms. The van der Waals surface area contributed by atoms with Gasteiger partial charge in [-0.1, -0.05) is 19.3 Å². The molecule has 0 saturated heterocycles. The van der Waals surface area contributed by atoms with Gasteiger partial charge in [-0.3, -0.25) is 9.59 Å². The van der Waals surface area contributed by atoms with Crippen LogP contribution in [0.15, 0.2) is 12.4 Å². The van der Waals surface area contributed by atoms with E-state index in [4.69, 9.17) is 9.72 Å². The monoisotopic (exact) mass is 422 g/mol. The van der Waals surface area contributed by atoms with Gasteiger partial charge in [0.25, 0.3) is 5.91 Å². The Morgan fingerprint density at radius 3 is 2.65 bits per heavy atom. The molecule has 0 atom stereocenters. The zero-order valence-corrected chi connectivity index (χ0v) is 17.7. The molecule has 3 aliphatic rings. The average molecular weight is 422 g/mol. The topological polar surface area (TPSA) is 118 Å². The van der Waals surface area contributed by atoms with Crippen molar-refractivity contribution in [2.75, 3.05) is 17.7 Å². The minimum Gasteiger partial charge on any atom is -0.490 e. The molecule has 9 nitrogen and oxygen atoms in total. The van der Waals surface area contributed by atoms with E-state index in [1.807, 2.05) is 13.0 Å². The van der Waals surface area contributed by atoms with Crippen LogP contribution in [0.5, 0.6) is 5.75 Å². The first-order chi connectivity index (χ1) is 15.0. The van der Waals surface area contributed by atoms with Crippen molar-refractivity contribution in [3.63, 3.8) is 0 Å². The third kappa shape index (κ3) is 3.47. The SMILES string of the molecule is COc1c(NC(=O)C2CC2)ncnc1Nc1cc(C)c2c(n1)C1(CCCCC1)NC2=O. The van der Waals surface area contributed by atoms with E-state index < -0.39 is 0 Å². The van der Waals surface area contributed by atoms with Gasteiger partial charge in [0.05, 0.1) is 23.9 Å². The molecule has 0 radical (unpaired) electrons. The number of amides is 2. The smallest absolute Gasteiger partial charge is 0.254 e. The molecule has 3 N–H and O–H groups in total. The van der Waals surface area contributed by atoms with Crippen LogP contribution >= 0.6 is 0 Å². The highest BCUT2D eigenvalue weighted by Crippen LogP contribution is 2.43. The molecule has 2 aliphatic carbocycles. The summed E-state index contributed by atoms with van der Waals surface area (Å²) in [5, 5.41) is 9.25. The van der Waals surface area contributed by atoms with Gasteiger partial charge >= 0.3 is 0 Å². The van der Waals surface area contributed by atoms with E-state index in [1.54, 1.807) is 0 Å². The maximum Gasteiger partial charge on any atom is 0.254 e. The van der Waals surface area contributed by atoms with Gasteiger partial charge in [0.1, 0.15) is 12.1 Å². The third-order valence-corrected chi connectivity index (χ3v) is 6.40. The molecule has 0 bridgehead atoms. The highest BCUT2D eigenvalue weighted by molar-refractivity contribution is 6.01. The highest BCUT2D eigenvalue weighted by Gasteiger charge is 2.45. The number of pyridine rings is 1. The van der Waals surface area contributed by atoms with Crippen molar-refractivity contribution in [1.29, 1.82) is 0 Å². The van der Waals surface area contributed by atoms with Gasteiger partial charge in [-0.25, -0.2) is 15.0 Å². The number of hydrogen-bond acceptors (Lipinski definition) is 7. The number of hydrogen-bond donors (Lipinski definition) is 3. The molecular weight excluding hydrogens is 396 g/mol. The van der Waals surface area contributed by atoms with E-state index in [2.05, 4.69) is 25.9 Å². The van der Waals surface area contributed by atoms with Crippen molar-refractivity contribution in [3.8, 4) is 5.75 Å². The van der Waals surface area contributed by atoms with Crippen LogP contribution in [0.25, 0.3) is 0 Å². The predicted molar refractivity (Wildman–Crippen MR) is 114 cm³/mol. The molecular formula is C22H26N6O3. The summed E-state index contributed by atoms with van der Waals surface area (Å²) in [5.41, 5.74) is 1.98. The van der Waals surface area contributed by atoms with Crippen molar-refractivity contribution < 1.29 is 14.3 Å². The van der Waals surface area contributed by atoms with Gasteiger partial charge in [-0.15, -0.1) is 0 Å². The molecule has 1 aliphatic heterocycles. The lowest BCUT2D eigenvalue weighted by molar-refractivity contribution is -0.117. The first-order valence-electron chi connectivity index (χ1n) is 10.8. The predicted octanol–water partition coefficient (Wildman–Crippen LogP) is 3.18. The first kappa shape index (κ1) is 19.7. The van der Waals surface area contributed by atoms with Gasteiger partial charge < -0.3 is 20.7 Å². The van der Waals surface area contributed by atoms with Crippen LogP contribution in [0.3, 0.4) is 0 Å². The maximum atomic E-state index is 12.7. The van der Waals surface area contributed by atoms with Crippen LogP contribution in [-0.2, 0) is 10.3 Å². The Morgan fingerprint density at radius 2 is 1.94 bits per heavy atom. The Kier molecular flexibility index (Phi) is 4.75. The Morgan fingerprint density at radius 1 is 1.19 bits per heavy atom. The number of methoxy groups -OCH3 is 1. The van der Waals surface area contributed by atoms with Crippen molar-refractivity contribution in [3.05, 3.63) is 29.2 Å². The Labute approximate surface area is 180 Å². The van der Waals surface area contributed by atoms with Crippen molar-refractivity contribution in [2.24, 2.45) is 5.92 Å². The quantitative estimate of drug-likeness (QED) is 0.677. The molecule has 2 saturated carbocycles. The largest absolute Gasteiger partial charge is 0.490 e. The van der Waals surface area contributed by atoms with Gasteiger partial charge in [0, 0.05) is 5.92 Å².